The average molecular weight is 644 g/mol. The summed E-state index contributed by atoms with van der Waals surface area (Å²) in [6.07, 6.45) is 7.82. The standard InChI is InChI=1S/C34H46FN3O8/c1-20(2)45-34(42)44-19-43-33(41)29-17-24-16-25(12-13-28(24)46-29)37-31(39)30-26(21-6-4-3-5-7-21)14-15-38(30)32(40)23-10-8-22(9-11-23)27(36)18-35/h12-13,16-17,20-23,26-27,30H,3-11,14-15,18-19,36H2,1-2H3,(H,37,39)/t22?,23?,26-,27?,30-/m0/s1. The molecule has 1 saturated heterocycles. The van der Waals surface area contributed by atoms with Crippen molar-refractivity contribution in [3.8, 4) is 0 Å². The number of alkyl halides is 1. The van der Waals surface area contributed by atoms with Crippen LogP contribution in [0.1, 0.15) is 88.6 Å². The lowest BCUT2D eigenvalue weighted by atomic mass is 9.76. The number of carbonyl (C=O) groups excluding carboxylic acids is 4. The molecule has 5 rings (SSSR count). The molecule has 2 aliphatic carbocycles. The van der Waals surface area contributed by atoms with Gasteiger partial charge < -0.3 is 34.6 Å². The first-order valence-corrected chi connectivity index (χ1v) is 16.6. The Balaban J connectivity index is 1.26. The number of benzene rings is 1. The van der Waals surface area contributed by atoms with E-state index in [1.807, 2.05) is 0 Å². The molecule has 0 radical (unpaired) electrons. The number of furan rings is 1. The van der Waals surface area contributed by atoms with Crippen LogP contribution in [-0.2, 0) is 23.8 Å². The third-order valence-electron chi connectivity index (χ3n) is 9.84. The van der Waals surface area contributed by atoms with E-state index >= 15 is 0 Å². The lowest BCUT2D eigenvalue weighted by molar-refractivity contribution is -0.142. The van der Waals surface area contributed by atoms with Gasteiger partial charge in [0, 0.05) is 29.6 Å². The zero-order valence-corrected chi connectivity index (χ0v) is 26.7. The van der Waals surface area contributed by atoms with Gasteiger partial charge in [0.25, 0.3) is 0 Å². The minimum absolute atomic E-state index is 0.0145. The van der Waals surface area contributed by atoms with Crippen LogP contribution in [0.15, 0.2) is 28.7 Å². The van der Waals surface area contributed by atoms with Gasteiger partial charge >= 0.3 is 12.1 Å². The van der Waals surface area contributed by atoms with Crippen molar-refractivity contribution in [3.05, 3.63) is 30.0 Å². The highest BCUT2D eigenvalue weighted by molar-refractivity contribution is 6.00. The Hall–Kier alpha value is -3.67. The summed E-state index contributed by atoms with van der Waals surface area (Å²) in [6.45, 7) is 2.69. The molecule has 3 N–H and O–H groups in total. The van der Waals surface area contributed by atoms with Crippen LogP contribution in [0.3, 0.4) is 0 Å². The highest BCUT2D eigenvalue weighted by Crippen LogP contribution is 2.41. The highest BCUT2D eigenvalue weighted by atomic mass is 19.1. The molecule has 3 atom stereocenters. The fourth-order valence-corrected chi connectivity index (χ4v) is 7.48. The first-order valence-electron chi connectivity index (χ1n) is 16.6. The largest absolute Gasteiger partial charge is 0.511 e. The van der Waals surface area contributed by atoms with Crippen LogP contribution in [0.2, 0.25) is 0 Å². The predicted octanol–water partition coefficient (Wildman–Crippen LogP) is 5.95. The number of nitrogens with one attached hydrogen (secondary N) is 1. The molecule has 1 aromatic carbocycles. The SMILES string of the molecule is CC(C)OC(=O)OCOC(=O)c1cc2cc(NC(=O)[C@@H]3[C@H](C4CCCCC4)CCN3C(=O)C3CCC(C(N)CF)CC3)ccc2o1. The van der Waals surface area contributed by atoms with Gasteiger partial charge in [-0.25, -0.2) is 14.0 Å². The van der Waals surface area contributed by atoms with Gasteiger partial charge in [0.05, 0.1) is 6.10 Å². The third-order valence-corrected chi connectivity index (χ3v) is 9.84. The van der Waals surface area contributed by atoms with Crippen molar-refractivity contribution in [3.63, 3.8) is 0 Å². The Kier molecular flexibility index (Phi) is 11.2. The maximum Gasteiger partial charge on any atom is 0.511 e. The maximum absolute atomic E-state index is 14.0. The molecule has 2 saturated carbocycles. The number of hydrogen-bond acceptors (Lipinski definition) is 9. The molecule has 1 unspecified atom stereocenters. The molecule has 3 aliphatic rings. The highest BCUT2D eigenvalue weighted by Gasteiger charge is 2.47. The van der Waals surface area contributed by atoms with Crippen LogP contribution in [0.4, 0.5) is 14.9 Å². The Bertz CT molecular complexity index is 1380. The lowest BCUT2D eigenvalue weighted by Gasteiger charge is -2.36. The van der Waals surface area contributed by atoms with Crippen molar-refractivity contribution in [1.29, 1.82) is 0 Å². The van der Waals surface area contributed by atoms with E-state index in [1.54, 1.807) is 36.9 Å². The normalized spacial score (nSPS) is 24.5. The van der Waals surface area contributed by atoms with Crippen LogP contribution in [-0.4, -0.2) is 67.0 Å². The number of nitrogens with two attached hydrogens (primary N) is 1. The van der Waals surface area contributed by atoms with Crippen LogP contribution < -0.4 is 11.1 Å². The predicted molar refractivity (Wildman–Crippen MR) is 167 cm³/mol. The fraction of sp³-hybridized carbons (Fsp3) is 0.647. The van der Waals surface area contributed by atoms with Gasteiger partial charge in [-0.3, -0.25) is 9.59 Å². The number of likely N-dealkylation sites (tertiary alicyclic amines) is 1. The number of anilines is 1. The number of amides is 2. The van der Waals surface area contributed by atoms with E-state index in [4.69, 9.17) is 24.4 Å². The molecule has 2 aromatic rings. The monoisotopic (exact) mass is 643 g/mol. The van der Waals surface area contributed by atoms with E-state index in [0.717, 1.165) is 44.9 Å². The zero-order chi connectivity index (χ0) is 32.8. The van der Waals surface area contributed by atoms with Gasteiger partial charge in [0.2, 0.25) is 24.4 Å². The average Bonchev–Trinajstić information content (AvgIpc) is 3.69. The van der Waals surface area contributed by atoms with Gasteiger partial charge in [-0.05, 0) is 88.0 Å². The Morgan fingerprint density at radius 1 is 1.00 bits per heavy atom. The molecule has 11 nitrogen and oxygen atoms in total. The Morgan fingerprint density at radius 2 is 1.74 bits per heavy atom. The number of halogens is 1. The third kappa shape index (κ3) is 8.00. The van der Waals surface area contributed by atoms with E-state index in [9.17, 15) is 23.6 Å². The molecule has 1 aromatic heterocycles. The van der Waals surface area contributed by atoms with Crippen molar-refractivity contribution in [1.82, 2.24) is 4.90 Å². The van der Waals surface area contributed by atoms with Crippen molar-refractivity contribution < 1.29 is 42.2 Å². The van der Waals surface area contributed by atoms with E-state index in [2.05, 4.69) is 5.32 Å². The number of rotatable bonds is 10. The number of esters is 1. The molecule has 2 amide bonds. The second-order valence-electron chi connectivity index (χ2n) is 13.2. The molecule has 12 heteroatoms. The molecule has 3 fully saturated rings. The maximum atomic E-state index is 14.0. The molecule has 1 aliphatic heterocycles. The molecule has 0 bridgehead atoms. The molecule has 252 valence electrons. The van der Waals surface area contributed by atoms with E-state index in [0.29, 0.717) is 42.0 Å². The van der Waals surface area contributed by atoms with Crippen molar-refractivity contribution >= 4 is 40.6 Å². The van der Waals surface area contributed by atoms with Crippen LogP contribution >= 0.6 is 0 Å². The zero-order valence-electron chi connectivity index (χ0n) is 26.7. The summed E-state index contributed by atoms with van der Waals surface area (Å²) < 4.78 is 33.3. The summed E-state index contributed by atoms with van der Waals surface area (Å²) in [5, 5.41) is 3.61. The van der Waals surface area contributed by atoms with E-state index in [-0.39, 0.29) is 41.4 Å². The molecule has 2 heterocycles. The minimum atomic E-state index is -0.952. The topological polar surface area (TPSA) is 150 Å². The van der Waals surface area contributed by atoms with Gasteiger partial charge in [-0.15, -0.1) is 0 Å². The van der Waals surface area contributed by atoms with Crippen LogP contribution in [0.5, 0.6) is 0 Å². The summed E-state index contributed by atoms with van der Waals surface area (Å²) in [6, 6.07) is 5.47. The van der Waals surface area contributed by atoms with Crippen molar-refractivity contribution in [2.75, 3.05) is 25.3 Å². The number of nitrogens with zero attached hydrogens (tertiary/aromatic N) is 1. The first kappa shape index (κ1) is 33.7. The Morgan fingerprint density at radius 3 is 2.43 bits per heavy atom. The van der Waals surface area contributed by atoms with Crippen molar-refractivity contribution in [2.24, 2.45) is 29.4 Å². The second-order valence-corrected chi connectivity index (χ2v) is 13.2. The van der Waals surface area contributed by atoms with Gasteiger partial charge in [-0.2, -0.15) is 0 Å². The second kappa shape index (κ2) is 15.3. The molecule has 46 heavy (non-hydrogen) atoms. The van der Waals surface area contributed by atoms with Crippen LogP contribution in [0.25, 0.3) is 11.0 Å². The quantitative estimate of drug-likeness (QED) is 0.237. The summed E-state index contributed by atoms with van der Waals surface area (Å²) in [5.41, 5.74) is 6.87. The molecular formula is C34H46FN3O8. The Labute approximate surface area is 268 Å². The van der Waals surface area contributed by atoms with Gasteiger partial charge in [0.15, 0.2) is 0 Å². The molecule has 0 spiro atoms. The summed E-state index contributed by atoms with van der Waals surface area (Å²) >= 11 is 0. The van der Waals surface area contributed by atoms with E-state index in [1.165, 1.54) is 12.5 Å². The smallest absolute Gasteiger partial charge is 0.449 e. The lowest BCUT2D eigenvalue weighted by Crippen LogP contribution is -2.50. The number of carbonyl (C=O) groups is 4. The van der Waals surface area contributed by atoms with Gasteiger partial charge in [0.1, 0.15) is 18.3 Å². The van der Waals surface area contributed by atoms with E-state index < -0.39 is 37.7 Å². The first-order chi connectivity index (χ1) is 22.1. The van der Waals surface area contributed by atoms with Gasteiger partial charge in [-0.1, -0.05) is 32.1 Å². The fourth-order valence-electron chi connectivity index (χ4n) is 7.48. The summed E-state index contributed by atoms with van der Waals surface area (Å²) in [7, 11) is 0. The number of ether oxygens (including phenoxy) is 3. The molecular weight excluding hydrogens is 597 g/mol. The minimum Gasteiger partial charge on any atom is -0.449 e. The number of fused-ring (bicyclic) bond motifs is 1. The summed E-state index contributed by atoms with van der Waals surface area (Å²) in [4.78, 5) is 53.7. The summed E-state index contributed by atoms with van der Waals surface area (Å²) in [5.74, 6) is -0.745. The van der Waals surface area contributed by atoms with Crippen LogP contribution in [0, 0.1) is 23.7 Å². The van der Waals surface area contributed by atoms with Crippen molar-refractivity contribution in [2.45, 2.75) is 96.2 Å². The number of hydrogen-bond donors (Lipinski definition) is 2.